The zero-order chi connectivity index (χ0) is 20.7. The van der Waals surface area contributed by atoms with Crippen LogP contribution in [-0.2, 0) is 4.79 Å². The van der Waals surface area contributed by atoms with Crippen LogP contribution in [0.4, 0.5) is 0 Å². The van der Waals surface area contributed by atoms with E-state index in [1.807, 2.05) is 0 Å². The molecule has 28 heavy (non-hydrogen) atoms. The summed E-state index contributed by atoms with van der Waals surface area (Å²) in [6, 6.07) is 6.23. The minimum atomic E-state index is -0.495. The van der Waals surface area contributed by atoms with Gasteiger partial charge in [-0.15, -0.1) is 0 Å². The molecular weight excluding hydrogens is 431 g/mol. The molecule has 150 valence electrons. The van der Waals surface area contributed by atoms with Gasteiger partial charge in [-0.2, -0.15) is 5.10 Å². The summed E-state index contributed by atoms with van der Waals surface area (Å²) in [7, 11) is 4.52. The molecule has 0 aliphatic heterocycles. The van der Waals surface area contributed by atoms with Crippen molar-refractivity contribution in [2.45, 2.75) is 0 Å². The molecule has 10 heteroatoms. The molecule has 0 fully saturated rings. The number of nitrogens with zero attached hydrogens (tertiary/aromatic N) is 1. The molecule has 0 spiro atoms. The van der Waals surface area contributed by atoms with E-state index in [2.05, 4.69) is 10.5 Å². The number of hydrogen-bond donors (Lipinski definition) is 1. The number of hydrazone groups is 1. The van der Waals surface area contributed by atoms with Crippen LogP contribution >= 0.6 is 34.8 Å². The molecule has 0 saturated carbocycles. The van der Waals surface area contributed by atoms with Crippen molar-refractivity contribution in [1.82, 2.24) is 5.43 Å². The number of amides is 1. The number of carbonyl (C=O) groups is 1. The Labute approximate surface area is 177 Å². The molecule has 0 saturated heterocycles. The van der Waals surface area contributed by atoms with Gasteiger partial charge < -0.3 is 18.9 Å². The summed E-state index contributed by atoms with van der Waals surface area (Å²) >= 11 is 17.7. The lowest BCUT2D eigenvalue weighted by molar-refractivity contribution is -0.123. The van der Waals surface area contributed by atoms with E-state index in [-0.39, 0.29) is 22.4 Å². The minimum absolute atomic E-state index is 0.236. The average Bonchev–Trinajstić information content (AvgIpc) is 2.68. The zero-order valence-corrected chi connectivity index (χ0v) is 17.5. The first-order chi connectivity index (χ1) is 13.4. The Bertz CT molecular complexity index is 865. The van der Waals surface area contributed by atoms with Crippen molar-refractivity contribution in [1.29, 1.82) is 0 Å². The van der Waals surface area contributed by atoms with Crippen molar-refractivity contribution in [3.8, 4) is 23.0 Å². The van der Waals surface area contributed by atoms with Gasteiger partial charge in [-0.25, -0.2) is 5.43 Å². The average molecular weight is 448 g/mol. The summed E-state index contributed by atoms with van der Waals surface area (Å²) in [6.45, 7) is -0.315. The van der Waals surface area contributed by atoms with E-state index >= 15 is 0 Å². The Hall–Kier alpha value is -2.35. The third kappa shape index (κ3) is 5.58. The second-order valence-corrected chi connectivity index (χ2v) is 6.46. The topological polar surface area (TPSA) is 78.4 Å². The highest BCUT2D eigenvalue weighted by molar-refractivity contribution is 6.43. The normalized spacial score (nSPS) is 10.6. The van der Waals surface area contributed by atoms with E-state index in [1.165, 1.54) is 39.7 Å². The number of carbonyl (C=O) groups excluding carboxylic acids is 1. The largest absolute Gasteiger partial charge is 0.493 e. The summed E-state index contributed by atoms with van der Waals surface area (Å²) in [5, 5.41) is 4.67. The molecule has 0 aromatic heterocycles. The van der Waals surface area contributed by atoms with E-state index in [0.717, 1.165) is 0 Å². The number of ether oxygens (including phenoxy) is 4. The Balaban J connectivity index is 1.99. The first-order valence-corrected chi connectivity index (χ1v) is 8.92. The fraction of sp³-hybridized carbons (Fsp3) is 0.222. The Morgan fingerprint density at radius 1 is 0.929 bits per heavy atom. The van der Waals surface area contributed by atoms with Crippen LogP contribution < -0.4 is 24.4 Å². The van der Waals surface area contributed by atoms with Crippen molar-refractivity contribution >= 4 is 46.9 Å². The third-order valence-corrected chi connectivity index (χ3v) is 4.44. The smallest absolute Gasteiger partial charge is 0.277 e. The van der Waals surface area contributed by atoms with Crippen LogP contribution in [0.5, 0.6) is 23.0 Å². The van der Waals surface area contributed by atoms with Crippen LogP contribution in [0.1, 0.15) is 5.56 Å². The number of rotatable bonds is 8. The maximum Gasteiger partial charge on any atom is 0.277 e. The Morgan fingerprint density at radius 2 is 1.54 bits per heavy atom. The molecule has 2 aromatic carbocycles. The van der Waals surface area contributed by atoms with E-state index in [9.17, 15) is 4.79 Å². The van der Waals surface area contributed by atoms with E-state index in [1.54, 1.807) is 12.1 Å². The molecule has 1 amide bonds. The third-order valence-electron chi connectivity index (χ3n) is 3.42. The van der Waals surface area contributed by atoms with Gasteiger partial charge in [0.05, 0.1) is 42.6 Å². The van der Waals surface area contributed by atoms with Gasteiger partial charge in [0.1, 0.15) is 5.75 Å². The maximum absolute atomic E-state index is 11.9. The van der Waals surface area contributed by atoms with E-state index in [4.69, 9.17) is 53.8 Å². The highest BCUT2D eigenvalue weighted by Gasteiger charge is 2.12. The summed E-state index contributed by atoms with van der Waals surface area (Å²) in [5.41, 5.74) is 2.97. The Morgan fingerprint density at radius 3 is 2.11 bits per heavy atom. The van der Waals surface area contributed by atoms with Gasteiger partial charge in [-0.3, -0.25) is 4.79 Å². The maximum atomic E-state index is 11.9. The first kappa shape index (κ1) is 21.9. The van der Waals surface area contributed by atoms with Crippen molar-refractivity contribution in [3.63, 3.8) is 0 Å². The molecular formula is C18H17Cl3N2O5. The molecule has 7 nitrogen and oxygen atoms in total. The second kappa shape index (κ2) is 10.3. The van der Waals surface area contributed by atoms with Gasteiger partial charge in [0.25, 0.3) is 5.91 Å². The highest BCUT2D eigenvalue weighted by Crippen LogP contribution is 2.37. The fourth-order valence-corrected chi connectivity index (χ4v) is 2.74. The summed E-state index contributed by atoms with van der Waals surface area (Å²) in [5.74, 6) is 1.13. The molecule has 2 aromatic rings. The lowest BCUT2D eigenvalue weighted by Crippen LogP contribution is -2.24. The summed E-state index contributed by atoms with van der Waals surface area (Å²) < 4.78 is 21.1. The number of hydrogen-bond acceptors (Lipinski definition) is 6. The summed E-state index contributed by atoms with van der Waals surface area (Å²) in [4.78, 5) is 11.9. The predicted octanol–water partition coefficient (Wildman–Crippen LogP) is 4.20. The van der Waals surface area contributed by atoms with Crippen molar-refractivity contribution in [3.05, 3.63) is 44.9 Å². The monoisotopic (exact) mass is 446 g/mol. The predicted molar refractivity (Wildman–Crippen MR) is 109 cm³/mol. The van der Waals surface area contributed by atoms with E-state index < -0.39 is 5.91 Å². The summed E-state index contributed by atoms with van der Waals surface area (Å²) in [6.07, 6.45) is 1.43. The van der Waals surface area contributed by atoms with Crippen LogP contribution in [0.2, 0.25) is 15.1 Å². The molecule has 0 heterocycles. The number of methoxy groups -OCH3 is 3. The molecule has 0 atom stereocenters. The molecule has 2 rings (SSSR count). The SMILES string of the molecule is COc1cc(C=NNC(=O)COc2cc(Cl)c(Cl)cc2Cl)cc(OC)c1OC. The van der Waals surface area contributed by atoms with Crippen molar-refractivity contribution in [2.75, 3.05) is 27.9 Å². The number of nitrogens with one attached hydrogen (secondary N) is 1. The molecule has 0 unspecified atom stereocenters. The van der Waals surface area contributed by atoms with Crippen molar-refractivity contribution < 1.29 is 23.7 Å². The zero-order valence-electron chi connectivity index (χ0n) is 15.2. The van der Waals surface area contributed by atoms with Gasteiger partial charge in [0.2, 0.25) is 5.75 Å². The van der Waals surface area contributed by atoms with Crippen LogP contribution in [0.15, 0.2) is 29.4 Å². The standard InChI is InChI=1S/C18H17Cl3N2O5/c1-25-15-4-10(5-16(26-2)18(15)27-3)8-22-23-17(24)9-28-14-7-12(20)11(19)6-13(14)21/h4-8H,9H2,1-3H3,(H,23,24). The molecule has 0 bridgehead atoms. The lowest BCUT2D eigenvalue weighted by atomic mass is 10.2. The molecule has 0 radical (unpaired) electrons. The van der Waals surface area contributed by atoms with E-state index in [0.29, 0.717) is 27.8 Å². The molecule has 1 N–H and O–H groups in total. The molecule has 0 aliphatic carbocycles. The number of benzene rings is 2. The van der Waals surface area contributed by atoms with Crippen LogP contribution in [0.25, 0.3) is 0 Å². The van der Waals surface area contributed by atoms with Crippen LogP contribution in [-0.4, -0.2) is 40.1 Å². The van der Waals surface area contributed by atoms with Gasteiger partial charge in [-0.05, 0) is 18.2 Å². The number of halogens is 3. The van der Waals surface area contributed by atoms with Crippen LogP contribution in [0, 0.1) is 0 Å². The lowest BCUT2D eigenvalue weighted by Gasteiger charge is -2.12. The van der Waals surface area contributed by atoms with Gasteiger partial charge in [0, 0.05) is 11.6 Å². The quantitative estimate of drug-likeness (QED) is 0.373. The molecule has 0 aliphatic rings. The minimum Gasteiger partial charge on any atom is -0.493 e. The van der Waals surface area contributed by atoms with Gasteiger partial charge in [0.15, 0.2) is 18.1 Å². The van der Waals surface area contributed by atoms with Gasteiger partial charge >= 0.3 is 0 Å². The van der Waals surface area contributed by atoms with Gasteiger partial charge in [-0.1, -0.05) is 34.8 Å². The Kier molecular flexibility index (Phi) is 8.04. The fourth-order valence-electron chi connectivity index (χ4n) is 2.15. The van der Waals surface area contributed by atoms with Crippen molar-refractivity contribution in [2.24, 2.45) is 5.10 Å². The highest BCUT2D eigenvalue weighted by atomic mass is 35.5. The second-order valence-electron chi connectivity index (χ2n) is 5.24. The first-order valence-electron chi connectivity index (χ1n) is 7.78. The van der Waals surface area contributed by atoms with Crippen LogP contribution in [0.3, 0.4) is 0 Å².